The maximum Gasteiger partial charge on any atom is 0.389 e. The van der Waals surface area contributed by atoms with E-state index in [2.05, 4.69) is 0 Å². The first-order valence-electron chi connectivity index (χ1n) is 13.3. The predicted octanol–water partition coefficient (Wildman–Crippen LogP) is 6.98. The second-order valence-corrected chi connectivity index (χ2v) is 10.5. The zero-order chi connectivity index (χ0) is 30.6. The van der Waals surface area contributed by atoms with Gasteiger partial charge in [0.1, 0.15) is 11.5 Å². The zero-order valence-corrected chi connectivity index (χ0v) is 23.0. The van der Waals surface area contributed by atoms with Gasteiger partial charge in [0, 0.05) is 13.5 Å². The quantitative estimate of drug-likeness (QED) is 0.229. The number of nitrogens with zero attached hydrogens (tertiary/aromatic N) is 2. The van der Waals surface area contributed by atoms with Crippen molar-refractivity contribution < 1.29 is 37.1 Å². The van der Waals surface area contributed by atoms with Crippen molar-refractivity contribution in [3.05, 3.63) is 112 Å². The number of imide groups is 2. The van der Waals surface area contributed by atoms with Gasteiger partial charge in [0.2, 0.25) is 0 Å². The highest BCUT2D eigenvalue weighted by Gasteiger charge is 2.40. The third kappa shape index (κ3) is 5.05. The Morgan fingerprint density at radius 1 is 0.674 bits per heavy atom. The van der Waals surface area contributed by atoms with E-state index in [0.29, 0.717) is 22.6 Å². The summed E-state index contributed by atoms with van der Waals surface area (Å²) in [4.78, 5) is 54.0. The molecule has 0 fully saturated rings. The second-order valence-electron chi connectivity index (χ2n) is 10.5. The second kappa shape index (κ2) is 10.2. The van der Waals surface area contributed by atoms with E-state index in [-0.39, 0.29) is 33.5 Å². The predicted molar refractivity (Wildman–Crippen MR) is 152 cm³/mol. The molecule has 0 radical (unpaired) electrons. The van der Waals surface area contributed by atoms with E-state index in [0.717, 1.165) is 15.4 Å². The number of fused-ring (bicyclic) bond motifs is 2. The van der Waals surface area contributed by atoms with Crippen LogP contribution in [0.3, 0.4) is 0 Å². The highest BCUT2D eigenvalue weighted by molar-refractivity contribution is 6.35. The van der Waals surface area contributed by atoms with Gasteiger partial charge in [-0.1, -0.05) is 29.8 Å². The molecule has 0 unspecified atom stereocenters. The lowest BCUT2D eigenvalue weighted by atomic mass is 9.92. The van der Waals surface area contributed by atoms with Crippen LogP contribution in [0.2, 0.25) is 0 Å². The fourth-order valence-corrected chi connectivity index (χ4v) is 5.27. The molecule has 2 aliphatic heterocycles. The molecule has 0 spiro atoms. The van der Waals surface area contributed by atoms with Crippen molar-refractivity contribution in [3.63, 3.8) is 0 Å². The molecule has 7 nitrogen and oxygen atoms in total. The van der Waals surface area contributed by atoms with E-state index in [1.165, 1.54) is 43.4 Å². The van der Waals surface area contributed by atoms with Gasteiger partial charge in [-0.3, -0.25) is 24.1 Å². The Hall–Kier alpha value is -5.25. The molecule has 0 aliphatic carbocycles. The Kier molecular flexibility index (Phi) is 6.64. The lowest BCUT2D eigenvalue weighted by molar-refractivity contribution is -0.134. The Bertz CT molecular complexity index is 1830. The molecule has 43 heavy (non-hydrogen) atoms. The number of rotatable bonds is 6. The van der Waals surface area contributed by atoms with Gasteiger partial charge in [0.25, 0.3) is 23.6 Å². The summed E-state index contributed by atoms with van der Waals surface area (Å²) in [5, 5.41) is 0. The molecule has 0 saturated heterocycles. The number of amides is 4. The largest absolute Gasteiger partial charge is 0.457 e. The average molecular weight is 585 g/mol. The van der Waals surface area contributed by atoms with Gasteiger partial charge in [-0.05, 0) is 84.6 Å². The molecular weight excluding hydrogens is 561 g/mol. The van der Waals surface area contributed by atoms with Crippen LogP contribution in [0, 0.1) is 6.92 Å². The van der Waals surface area contributed by atoms with Gasteiger partial charge in [0.15, 0.2) is 0 Å². The van der Waals surface area contributed by atoms with Gasteiger partial charge < -0.3 is 4.74 Å². The molecule has 4 aromatic rings. The molecule has 216 valence electrons. The van der Waals surface area contributed by atoms with Gasteiger partial charge in [-0.2, -0.15) is 13.2 Å². The van der Waals surface area contributed by atoms with Crippen LogP contribution in [-0.4, -0.2) is 41.8 Å². The Labute approximate surface area is 244 Å². The van der Waals surface area contributed by atoms with Crippen LogP contribution in [0.25, 0.3) is 11.1 Å². The smallest absolute Gasteiger partial charge is 0.389 e. The first-order chi connectivity index (χ1) is 20.4. The van der Waals surface area contributed by atoms with Gasteiger partial charge in [-0.15, -0.1) is 0 Å². The van der Waals surface area contributed by atoms with Crippen LogP contribution in [0.15, 0.2) is 78.9 Å². The minimum absolute atomic E-state index is 0.0420. The van der Waals surface area contributed by atoms with Crippen LogP contribution in [0.1, 0.15) is 59.0 Å². The number of carbonyl (C=O) groups excluding carboxylic acids is 4. The molecule has 0 saturated carbocycles. The maximum absolute atomic E-state index is 13.6. The van der Waals surface area contributed by atoms with Crippen molar-refractivity contribution in [2.24, 2.45) is 0 Å². The van der Waals surface area contributed by atoms with Crippen LogP contribution in [0.5, 0.6) is 11.5 Å². The molecule has 0 bridgehead atoms. The fraction of sp³-hybridized carbons (Fsp3) is 0.152. The minimum Gasteiger partial charge on any atom is -0.457 e. The molecule has 6 rings (SSSR count). The summed E-state index contributed by atoms with van der Waals surface area (Å²) in [6.07, 6.45) is -6.22. The van der Waals surface area contributed by atoms with E-state index < -0.39 is 42.6 Å². The Balaban J connectivity index is 1.36. The number of hydrogen-bond donors (Lipinski definition) is 0. The standard InChI is InChI=1S/C33H23F3N2O5/c1-18-3-8-23(9-4-18)43-24-10-6-22(7-11-24)38-31(41)27-17-21(15-20(28(27)32(38)42)13-14-33(34,35)36)19-5-12-25-26(16-19)30(40)37(2)29(25)39/h3-12,15-17H,13-14H2,1-2H3. The van der Waals surface area contributed by atoms with Gasteiger partial charge in [0.05, 0.1) is 27.9 Å². The average Bonchev–Trinajstić information content (AvgIpc) is 3.36. The highest BCUT2D eigenvalue weighted by Crippen LogP contribution is 2.38. The molecule has 0 atom stereocenters. The van der Waals surface area contributed by atoms with Crippen molar-refractivity contribution in [1.29, 1.82) is 0 Å². The van der Waals surface area contributed by atoms with Gasteiger partial charge >= 0.3 is 6.18 Å². The topological polar surface area (TPSA) is 84.0 Å². The van der Waals surface area contributed by atoms with E-state index >= 15 is 0 Å². The van der Waals surface area contributed by atoms with E-state index in [1.54, 1.807) is 30.3 Å². The molecule has 2 aliphatic rings. The van der Waals surface area contributed by atoms with Gasteiger partial charge in [-0.25, -0.2) is 4.90 Å². The van der Waals surface area contributed by atoms with Crippen molar-refractivity contribution in [2.75, 3.05) is 11.9 Å². The summed E-state index contributed by atoms with van der Waals surface area (Å²) >= 11 is 0. The molecular formula is C33H23F3N2O5. The maximum atomic E-state index is 13.6. The monoisotopic (exact) mass is 584 g/mol. The van der Waals surface area contributed by atoms with E-state index in [1.807, 2.05) is 19.1 Å². The number of halogens is 3. The van der Waals surface area contributed by atoms with Crippen molar-refractivity contribution in [3.8, 4) is 22.6 Å². The number of anilines is 1. The van der Waals surface area contributed by atoms with Crippen LogP contribution < -0.4 is 9.64 Å². The zero-order valence-electron chi connectivity index (χ0n) is 23.0. The summed E-state index contributed by atoms with van der Waals surface area (Å²) in [5.41, 5.74) is 2.35. The number of carbonyl (C=O) groups is 4. The summed E-state index contributed by atoms with van der Waals surface area (Å²) in [6, 6.07) is 21.0. The lowest BCUT2D eigenvalue weighted by Gasteiger charge is -2.15. The summed E-state index contributed by atoms with van der Waals surface area (Å²) in [7, 11) is 1.36. The normalized spacial score (nSPS) is 14.4. The van der Waals surface area contributed by atoms with Crippen molar-refractivity contribution in [2.45, 2.75) is 25.9 Å². The molecule has 2 heterocycles. The van der Waals surface area contributed by atoms with Crippen LogP contribution in [0.4, 0.5) is 18.9 Å². The lowest BCUT2D eigenvalue weighted by Crippen LogP contribution is -2.29. The molecule has 0 aromatic heterocycles. The number of hydrogen-bond acceptors (Lipinski definition) is 5. The fourth-order valence-electron chi connectivity index (χ4n) is 5.27. The van der Waals surface area contributed by atoms with E-state index in [4.69, 9.17) is 4.74 Å². The minimum atomic E-state index is -4.49. The molecule has 4 amide bonds. The summed E-state index contributed by atoms with van der Waals surface area (Å²) in [5.74, 6) is -1.31. The number of ether oxygens (including phenoxy) is 1. The van der Waals surface area contributed by atoms with E-state index in [9.17, 15) is 32.3 Å². The first-order valence-corrected chi connectivity index (χ1v) is 13.3. The molecule has 10 heteroatoms. The SMILES string of the molecule is Cc1ccc(Oc2ccc(N3C(=O)c4cc(-c5ccc6c(c5)C(=O)N(C)C6=O)cc(CCC(F)(F)F)c4C3=O)cc2)cc1. The third-order valence-electron chi connectivity index (χ3n) is 7.52. The first kappa shape index (κ1) is 27.9. The number of aryl methyl sites for hydroxylation is 2. The Morgan fingerprint density at radius 3 is 1.93 bits per heavy atom. The summed E-state index contributed by atoms with van der Waals surface area (Å²) in [6.45, 7) is 1.95. The molecule has 0 N–H and O–H groups in total. The highest BCUT2D eigenvalue weighted by atomic mass is 19.4. The van der Waals surface area contributed by atoms with Crippen molar-refractivity contribution in [1.82, 2.24) is 4.90 Å². The van der Waals surface area contributed by atoms with Crippen molar-refractivity contribution >= 4 is 29.3 Å². The van der Waals surface area contributed by atoms with Crippen LogP contribution in [-0.2, 0) is 6.42 Å². The van der Waals surface area contributed by atoms with Crippen LogP contribution >= 0.6 is 0 Å². The number of alkyl halides is 3. The number of benzene rings is 4. The third-order valence-corrected chi connectivity index (χ3v) is 7.52. The Morgan fingerprint density at radius 2 is 1.28 bits per heavy atom. The summed E-state index contributed by atoms with van der Waals surface area (Å²) < 4.78 is 45.6. The molecule has 4 aromatic carbocycles.